The topological polar surface area (TPSA) is 26.3 Å². The minimum atomic E-state index is 0.0978. The number of carbonyl (C=O) groups is 1. The fraction of sp³-hybridized carbons (Fsp3) is 0.250. The molecule has 1 aromatic carbocycles. The molecule has 1 aliphatic heterocycles. The minimum absolute atomic E-state index is 0.0978. The molecule has 72 valence electrons. The van der Waals surface area contributed by atoms with Crippen molar-refractivity contribution in [3.05, 3.63) is 47.2 Å². The normalized spacial score (nSPS) is 15.5. The van der Waals surface area contributed by atoms with E-state index < -0.39 is 0 Å². The second-order valence-electron chi connectivity index (χ2n) is 3.33. The van der Waals surface area contributed by atoms with Crippen LogP contribution in [0.2, 0.25) is 0 Å². The summed E-state index contributed by atoms with van der Waals surface area (Å²) in [6.07, 6.45) is 0.736. The van der Waals surface area contributed by atoms with E-state index in [2.05, 4.69) is 0 Å². The van der Waals surface area contributed by atoms with Gasteiger partial charge in [-0.2, -0.15) is 0 Å². The van der Waals surface area contributed by atoms with Crippen molar-refractivity contribution < 1.29 is 9.53 Å². The van der Waals surface area contributed by atoms with Crippen molar-refractivity contribution in [2.75, 3.05) is 6.61 Å². The Morgan fingerprint density at radius 1 is 1.29 bits per heavy atom. The van der Waals surface area contributed by atoms with Crippen molar-refractivity contribution >= 4 is 5.78 Å². The first-order valence-corrected chi connectivity index (χ1v) is 4.71. The molecule has 1 heterocycles. The maximum atomic E-state index is 11.9. The molecule has 0 saturated carbocycles. The summed E-state index contributed by atoms with van der Waals surface area (Å²) in [6.45, 7) is 2.49. The highest BCUT2D eigenvalue weighted by molar-refractivity contribution is 6.09. The lowest BCUT2D eigenvalue weighted by molar-refractivity contribution is 0.103. The van der Waals surface area contributed by atoms with Crippen LogP contribution >= 0.6 is 0 Å². The van der Waals surface area contributed by atoms with Crippen LogP contribution < -0.4 is 0 Å². The highest BCUT2D eigenvalue weighted by atomic mass is 16.5. The molecule has 2 nitrogen and oxygen atoms in total. The molecule has 1 aromatic rings. The molecule has 0 fully saturated rings. The number of ether oxygens (including phenoxy) is 1. The minimum Gasteiger partial charge on any atom is -0.497 e. The Hall–Kier alpha value is -1.57. The lowest BCUT2D eigenvalue weighted by atomic mass is 10.0. The average Bonchev–Trinajstić information content (AvgIpc) is 2.65. The van der Waals surface area contributed by atoms with Crippen LogP contribution in [-0.2, 0) is 4.74 Å². The van der Waals surface area contributed by atoms with E-state index >= 15 is 0 Å². The summed E-state index contributed by atoms with van der Waals surface area (Å²) in [7, 11) is 0. The highest BCUT2D eigenvalue weighted by Crippen LogP contribution is 2.22. The van der Waals surface area contributed by atoms with Crippen LogP contribution in [0.25, 0.3) is 0 Å². The number of rotatable bonds is 2. The Kier molecular flexibility index (Phi) is 2.35. The summed E-state index contributed by atoms with van der Waals surface area (Å²) in [6, 6.07) is 9.32. The second-order valence-corrected chi connectivity index (χ2v) is 3.33. The molecule has 0 bridgehead atoms. The van der Waals surface area contributed by atoms with Gasteiger partial charge in [-0.1, -0.05) is 30.3 Å². The molecule has 1 aliphatic rings. The predicted molar refractivity (Wildman–Crippen MR) is 54.0 cm³/mol. The molecule has 0 aliphatic carbocycles. The Balaban J connectivity index is 2.29. The van der Waals surface area contributed by atoms with E-state index in [1.807, 2.05) is 37.3 Å². The van der Waals surface area contributed by atoms with Gasteiger partial charge in [0, 0.05) is 17.6 Å². The molecular formula is C12H12O2. The summed E-state index contributed by atoms with van der Waals surface area (Å²) in [5.41, 5.74) is 1.56. The first-order valence-electron chi connectivity index (χ1n) is 4.71. The molecule has 0 radical (unpaired) electrons. The van der Waals surface area contributed by atoms with E-state index in [0.717, 1.165) is 23.3 Å². The summed E-state index contributed by atoms with van der Waals surface area (Å²) in [5, 5.41) is 0. The Bertz CT molecular complexity index is 377. The van der Waals surface area contributed by atoms with Crippen LogP contribution in [0.1, 0.15) is 23.7 Å². The number of allylic oxidation sites excluding steroid dienone is 1. The smallest absolute Gasteiger partial charge is 0.192 e. The third-order valence-corrected chi connectivity index (χ3v) is 2.41. The van der Waals surface area contributed by atoms with Gasteiger partial charge in [0.15, 0.2) is 5.78 Å². The zero-order valence-electron chi connectivity index (χ0n) is 8.12. The van der Waals surface area contributed by atoms with Crippen molar-refractivity contribution in [3.8, 4) is 0 Å². The van der Waals surface area contributed by atoms with Gasteiger partial charge in [-0.05, 0) is 6.92 Å². The third kappa shape index (κ3) is 1.55. The van der Waals surface area contributed by atoms with Gasteiger partial charge < -0.3 is 4.74 Å². The fourth-order valence-electron chi connectivity index (χ4n) is 1.61. The van der Waals surface area contributed by atoms with Crippen LogP contribution in [-0.4, -0.2) is 12.4 Å². The van der Waals surface area contributed by atoms with Crippen molar-refractivity contribution in [2.24, 2.45) is 0 Å². The summed E-state index contributed by atoms with van der Waals surface area (Å²) in [4.78, 5) is 11.9. The van der Waals surface area contributed by atoms with E-state index in [-0.39, 0.29) is 5.78 Å². The molecule has 0 spiro atoms. The van der Waals surface area contributed by atoms with Crippen LogP contribution in [0.4, 0.5) is 0 Å². The maximum absolute atomic E-state index is 11.9. The third-order valence-electron chi connectivity index (χ3n) is 2.41. The molecule has 2 rings (SSSR count). The quantitative estimate of drug-likeness (QED) is 0.667. The standard InChI is InChI=1S/C12H12O2/c1-9-11(7-8-14-9)12(13)10-5-3-2-4-6-10/h2-6H,7-8H2,1H3. The predicted octanol–water partition coefficient (Wildman–Crippen LogP) is 2.56. The zero-order chi connectivity index (χ0) is 9.97. The first-order chi connectivity index (χ1) is 6.79. The molecule has 0 saturated heterocycles. The van der Waals surface area contributed by atoms with Gasteiger partial charge in [0.2, 0.25) is 0 Å². The van der Waals surface area contributed by atoms with Gasteiger partial charge in [0.25, 0.3) is 0 Å². The monoisotopic (exact) mass is 188 g/mol. The Morgan fingerprint density at radius 3 is 2.57 bits per heavy atom. The maximum Gasteiger partial charge on any atom is 0.192 e. The van der Waals surface area contributed by atoms with Gasteiger partial charge in [-0.3, -0.25) is 4.79 Å². The van der Waals surface area contributed by atoms with E-state index in [1.54, 1.807) is 0 Å². The van der Waals surface area contributed by atoms with Gasteiger partial charge in [0.05, 0.1) is 6.61 Å². The number of benzene rings is 1. The summed E-state index contributed by atoms with van der Waals surface area (Å²) < 4.78 is 5.27. The number of carbonyl (C=O) groups excluding carboxylic acids is 1. The average molecular weight is 188 g/mol. The second kappa shape index (κ2) is 3.66. The molecule has 14 heavy (non-hydrogen) atoms. The zero-order valence-corrected chi connectivity index (χ0v) is 8.12. The molecule has 0 amide bonds. The number of ketones is 1. The first kappa shape index (κ1) is 9.00. The van der Waals surface area contributed by atoms with E-state index in [0.29, 0.717) is 6.61 Å². The van der Waals surface area contributed by atoms with Crippen LogP contribution in [0, 0.1) is 0 Å². The lowest BCUT2D eigenvalue weighted by Crippen LogP contribution is -2.02. The molecule has 2 heteroatoms. The number of hydrogen-bond donors (Lipinski definition) is 0. The summed E-state index contributed by atoms with van der Waals surface area (Å²) >= 11 is 0. The van der Waals surface area contributed by atoms with E-state index in [9.17, 15) is 4.79 Å². The Labute approximate surface area is 83.2 Å². The van der Waals surface area contributed by atoms with Crippen LogP contribution in [0.3, 0.4) is 0 Å². The van der Waals surface area contributed by atoms with Crippen molar-refractivity contribution in [3.63, 3.8) is 0 Å². The molecule has 0 N–H and O–H groups in total. The van der Waals surface area contributed by atoms with E-state index in [1.165, 1.54) is 0 Å². The van der Waals surface area contributed by atoms with Crippen LogP contribution in [0.15, 0.2) is 41.7 Å². The van der Waals surface area contributed by atoms with Crippen LogP contribution in [0.5, 0.6) is 0 Å². The van der Waals surface area contributed by atoms with Crippen molar-refractivity contribution in [1.29, 1.82) is 0 Å². The van der Waals surface area contributed by atoms with Gasteiger partial charge in [-0.15, -0.1) is 0 Å². The molecule has 0 aromatic heterocycles. The number of hydrogen-bond acceptors (Lipinski definition) is 2. The SMILES string of the molecule is CC1=C(C(=O)c2ccccc2)CCO1. The molecule has 0 unspecified atom stereocenters. The van der Waals surface area contributed by atoms with Crippen molar-refractivity contribution in [2.45, 2.75) is 13.3 Å². The Morgan fingerprint density at radius 2 is 2.00 bits per heavy atom. The number of Topliss-reactive ketones (excluding diaryl/α,β-unsaturated/α-hetero) is 1. The lowest BCUT2D eigenvalue weighted by Gasteiger charge is -2.00. The van der Waals surface area contributed by atoms with Gasteiger partial charge >= 0.3 is 0 Å². The fourth-order valence-corrected chi connectivity index (χ4v) is 1.61. The highest BCUT2D eigenvalue weighted by Gasteiger charge is 2.20. The van der Waals surface area contributed by atoms with Gasteiger partial charge in [0.1, 0.15) is 5.76 Å². The molecular weight excluding hydrogens is 176 g/mol. The molecule has 0 atom stereocenters. The van der Waals surface area contributed by atoms with Crippen molar-refractivity contribution in [1.82, 2.24) is 0 Å². The summed E-state index contributed by atoms with van der Waals surface area (Å²) in [5.74, 6) is 0.874. The van der Waals surface area contributed by atoms with Gasteiger partial charge in [-0.25, -0.2) is 0 Å². The largest absolute Gasteiger partial charge is 0.497 e. The van der Waals surface area contributed by atoms with E-state index in [4.69, 9.17) is 4.74 Å².